The molecular weight excluding hydrogens is 407 g/mol. The van der Waals surface area contributed by atoms with Gasteiger partial charge >= 0.3 is 12.2 Å². The van der Waals surface area contributed by atoms with E-state index in [1.807, 2.05) is 6.92 Å². The third-order valence-electron chi connectivity index (χ3n) is 4.59. The van der Waals surface area contributed by atoms with Crippen molar-refractivity contribution >= 4 is 21.7 Å². The number of carbonyl (C=O) groups excluding carboxylic acids is 1. The Morgan fingerprint density at radius 1 is 1.14 bits per heavy atom. The average Bonchev–Trinajstić information content (AvgIpc) is 3.11. The van der Waals surface area contributed by atoms with Gasteiger partial charge in [0, 0.05) is 24.8 Å². The number of sulfonamides is 1. The lowest BCUT2D eigenvalue weighted by molar-refractivity contribution is -0.137. The van der Waals surface area contributed by atoms with Crippen LogP contribution in [0.1, 0.15) is 17.5 Å². The fourth-order valence-corrected chi connectivity index (χ4v) is 4.55. The van der Waals surface area contributed by atoms with Crippen molar-refractivity contribution in [3.63, 3.8) is 0 Å². The maximum Gasteiger partial charge on any atom is 0.416 e. The molecule has 0 aromatic heterocycles. The molecule has 10 heteroatoms. The van der Waals surface area contributed by atoms with Gasteiger partial charge in [-0.25, -0.2) is 13.2 Å². The number of hydrogen-bond donors (Lipinski definition) is 2. The lowest BCUT2D eigenvalue weighted by Crippen LogP contribution is -2.40. The lowest BCUT2D eigenvalue weighted by Gasteiger charge is -2.18. The molecule has 1 aliphatic heterocycles. The van der Waals surface area contributed by atoms with E-state index in [2.05, 4.69) is 10.6 Å². The highest BCUT2D eigenvalue weighted by Gasteiger charge is 2.33. The molecule has 2 aromatic carbocycles. The van der Waals surface area contributed by atoms with Gasteiger partial charge in [0.05, 0.1) is 10.5 Å². The standard InChI is InChI=1S/C19H20F3N3O3S/c1-13-5-7-17(8-6-13)29(27,28)25-10-9-16(12-25)24-18(26)23-15-4-2-3-14(11-15)19(20,21)22/h2-8,11,16H,9-10,12H2,1H3,(H2,23,24,26). The first-order valence-corrected chi connectivity index (χ1v) is 10.3. The van der Waals surface area contributed by atoms with E-state index in [9.17, 15) is 26.4 Å². The number of amides is 2. The van der Waals surface area contributed by atoms with Crippen molar-refractivity contribution in [3.05, 3.63) is 59.7 Å². The van der Waals surface area contributed by atoms with Crippen molar-refractivity contribution in [2.24, 2.45) is 0 Å². The molecule has 2 amide bonds. The van der Waals surface area contributed by atoms with Crippen molar-refractivity contribution < 1.29 is 26.4 Å². The summed E-state index contributed by atoms with van der Waals surface area (Å²) < 4.78 is 64.9. The molecule has 1 heterocycles. The van der Waals surface area contributed by atoms with E-state index in [-0.39, 0.29) is 23.7 Å². The number of nitrogens with one attached hydrogen (secondary N) is 2. The Morgan fingerprint density at radius 3 is 2.48 bits per heavy atom. The van der Waals surface area contributed by atoms with E-state index in [4.69, 9.17) is 0 Å². The van der Waals surface area contributed by atoms with E-state index >= 15 is 0 Å². The van der Waals surface area contributed by atoms with E-state index in [1.165, 1.54) is 28.6 Å². The van der Waals surface area contributed by atoms with Gasteiger partial charge in [0.15, 0.2) is 0 Å². The molecular formula is C19H20F3N3O3S. The summed E-state index contributed by atoms with van der Waals surface area (Å²) in [4.78, 5) is 12.3. The Balaban J connectivity index is 1.60. The largest absolute Gasteiger partial charge is 0.416 e. The predicted molar refractivity (Wildman–Crippen MR) is 102 cm³/mol. The minimum atomic E-state index is -4.51. The Morgan fingerprint density at radius 2 is 1.83 bits per heavy atom. The number of hydrogen-bond acceptors (Lipinski definition) is 3. The number of nitrogens with zero attached hydrogens (tertiary/aromatic N) is 1. The van der Waals surface area contributed by atoms with Gasteiger partial charge in [-0.1, -0.05) is 23.8 Å². The second-order valence-electron chi connectivity index (χ2n) is 6.84. The monoisotopic (exact) mass is 427 g/mol. The summed E-state index contributed by atoms with van der Waals surface area (Å²) in [7, 11) is -3.67. The fraction of sp³-hybridized carbons (Fsp3) is 0.316. The van der Waals surface area contributed by atoms with Crippen LogP contribution in [0.5, 0.6) is 0 Å². The van der Waals surface area contributed by atoms with Crippen molar-refractivity contribution in [1.82, 2.24) is 9.62 Å². The number of benzene rings is 2. The summed E-state index contributed by atoms with van der Waals surface area (Å²) in [5, 5.41) is 4.97. The van der Waals surface area contributed by atoms with Crippen LogP contribution in [0.25, 0.3) is 0 Å². The van der Waals surface area contributed by atoms with Gasteiger partial charge in [-0.3, -0.25) is 0 Å². The summed E-state index contributed by atoms with van der Waals surface area (Å²) in [5.74, 6) is 0. The van der Waals surface area contributed by atoms with Crippen LogP contribution in [-0.2, 0) is 16.2 Å². The molecule has 0 bridgehead atoms. The number of alkyl halides is 3. The molecule has 1 unspecified atom stereocenters. The predicted octanol–water partition coefficient (Wildman–Crippen LogP) is 3.60. The smallest absolute Gasteiger partial charge is 0.334 e. The number of anilines is 1. The second-order valence-corrected chi connectivity index (χ2v) is 8.78. The van der Waals surface area contributed by atoms with Crippen LogP contribution < -0.4 is 10.6 Å². The maximum absolute atomic E-state index is 12.8. The molecule has 2 aromatic rings. The van der Waals surface area contributed by atoms with Crippen molar-refractivity contribution in [2.45, 2.75) is 30.5 Å². The van der Waals surface area contributed by atoms with E-state index in [0.29, 0.717) is 6.42 Å². The Hall–Kier alpha value is -2.59. The average molecular weight is 427 g/mol. The normalized spacial score (nSPS) is 17.9. The van der Waals surface area contributed by atoms with Gasteiger partial charge in [0.1, 0.15) is 0 Å². The Kier molecular flexibility index (Phi) is 5.85. The molecule has 1 aliphatic rings. The van der Waals surface area contributed by atoms with Crippen LogP contribution in [-0.4, -0.2) is 37.9 Å². The van der Waals surface area contributed by atoms with Gasteiger partial charge in [-0.05, 0) is 43.7 Å². The molecule has 3 rings (SSSR count). The molecule has 156 valence electrons. The number of halogens is 3. The molecule has 0 radical (unpaired) electrons. The quantitative estimate of drug-likeness (QED) is 0.783. The minimum absolute atomic E-state index is 0.000505. The first-order chi connectivity index (χ1) is 13.6. The molecule has 2 N–H and O–H groups in total. The minimum Gasteiger partial charge on any atom is -0.334 e. The van der Waals surface area contributed by atoms with Crippen molar-refractivity contribution in [3.8, 4) is 0 Å². The molecule has 0 aliphatic carbocycles. The van der Waals surface area contributed by atoms with Crippen molar-refractivity contribution in [1.29, 1.82) is 0 Å². The Bertz CT molecular complexity index is 992. The fourth-order valence-electron chi connectivity index (χ4n) is 3.05. The Labute approximate surface area is 166 Å². The van der Waals surface area contributed by atoms with Crippen LogP contribution >= 0.6 is 0 Å². The van der Waals surface area contributed by atoms with Gasteiger partial charge in [-0.15, -0.1) is 0 Å². The van der Waals surface area contributed by atoms with Gasteiger partial charge in [0.2, 0.25) is 10.0 Å². The van der Waals surface area contributed by atoms with Crippen LogP contribution in [0.3, 0.4) is 0 Å². The number of carbonyl (C=O) groups is 1. The number of aryl methyl sites for hydroxylation is 1. The molecule has 1 atom stereocenters. The third-order valence-corrected chi connectivity index (χ3v) is 6.47. The third kappa shape index (κ3) is 5.07. The van der Waals surface area contributed by atoms with Crippen molar-refractivity contribution in [2.75, 3.05) is 18.4 Å². The maximum atomic E-state index is 12.8. The van der Waals surface area contributed by atoms with Crippen LogP contribution in [0.2, 0.25) is 0 Å². The zero-order chi connectivity index (χ0) is 21.2. The van der Waals surface area contributed by atoms with E-state index < -0.39 is 33.8 Å². The summed E-state index contributed by atoms with van der Waals surface area (Å²) in [6.07, 6.45) is -4.11. The van der Waals surface area contributed by atoms with Gasteiger partial charge in [0.25, 0.3) is 0 Å². The first kappa shape index (κ1) is 21.1. The highest BCUT2D eigenvalue weighted by Crippen LogP contribution is 2.30. The molecule has 29 heavy (non-hydrogen) atoms. The first-order valence-electron chi connectivity index (χ1n) is 8.87. The molecule has 0 spiro atoms. The highest BCUT2D eigenvalue weighted by molar-refractivity contribution is 7.89. The summed E-state index contributed by atoms with van der Waals surface area (Å²) in [6.45, 7) is 2.19. The topological polar surface area (TPSA) is 78.5 Å². The molecule has 6 nitrogen and oxygen atoms in total. The lowest BCUT2D eigenvalue weighted by atomic mass is 10.2. The summed E-state index contributed by atoms with van der Waals surface area (Å²) in [6, 6.07) is 9.64. The molecule has 1 saturated heterocycles. The van der Waals surface area contributed by atoms with Crippen LogP contribution in [0.4, 0.5) is 23.7 Å². The summed E-state index contributed by atoms with van der Waals surface area (Å²) in [5.41, 5.74) is 0.0715. The zero-order valence-corrected chi connectivity index (χ0v) is 16.3. The van der Waals surface area contributed by atoms with E-state index in [0.717, 1.165) is 17.7 Å². The summed E-state index contributed by atoms with van der Waals surface area (Å²) >= 11 is 0. The van der Waals surface area contributed by atoms with Crippen LogP contribution in [0, 0.1) is 6.92 Å². The molecule has 0 saturated carbocycles. The SMILES string of the molecule is Cc1ccc(S(=O)(=O)N2CCC(NC(=O)Nc3cccc(C(F)(F)F)c3)C2)cc1. The van der Waals surface area contributed by atoms with Crippen LogP contribution in [0.15, 0.2) is 53.4 Å². The van der Waals surface area contributed by atoms with E-state index in [1.54, 1.807) is 12.1 Å². The number of urea groups is 1. The number of rotatable bonds is 4. The second kappa shape index (κ2) is 8.03. The highest BCUT2D eigenvalue weighted by atomic mass is 32.2. The van der Waals surface area contributed by atoms with Gasteiger partial charge in [-0.2, -0.15) is 17.5 Å². The van der Waals surface area contributed by atoms with Gasteiger partial charge < -0.3 is 10.6 Å². The zero-order valence-electron chi connectivity index (χ0n) is 15.5. The molecule has 1 fully saturated rings.